The van der Waals surface area contributed by atoms with Crippen molar-refractivity contribution in [3.63, 3.8) is 0 Å². The van der Waals surface area contributed by atoms with Crippen molar-refractivity contribution in [1.82, 2.24) is 20.0 Å². The molecule has 31 heavy (non-hydrogen) atoms. The average Bonchev–Trinajstić information content (AvgIpc) is 3.35. The first-order valence-corrected chi connectivity index (χ1v) is 12.3. The molecule has 4 heterocycles. The average molecular weight is 441 g/mol. The van der Waals surface area contributed by atoms with Crippen molar-refractivity contribution < 1.29 is 4.79 Å². The van der Waals surface area contributed by atoms with Crippen LogP contribution in [0.5, 0.6) is 0 Å². The summed E-state index contributed by atoms with van der Waals surface area (Å²) in [6.45, 7) is 5.27. The van der Waals surface area contributed by atoms with Crippen LogP contribution in [0.4, 0.5) is 15.6 Å². The maximum absolute atomic E-state index is 12.7. The van der Waals surface area contributed by atoms with Crippen LogP contribution in [0.2, 0.25) is 0 Å². The lowest BCUT2D eigenvalue weighted by atomic mass is 9.67. The Hall–Kier alpha value is -2.19. The number of rotatable bonds is 2. The quantitative estimate of drug-likeness (QED) is 0.716. The van der Waals surface area contributed by atoms with E-state index >= 15 is 0 Å². The van der Waals surface area contributed by atoms with Crippen molar-refractivity contribution in [3.05, 3.63) is 35.3 Å². The Morgan fingerprint density at radius 2 is 1.77 bits per heavy atom. The van der Waals surface area contributed by atoms with Crippen LogP contribution in [0.3, 0.4) is 0 Å². The summed E-state index contributed by atoms with van der Waals surface area (Å²) < 4.78 is 0. The summed E-state index contributed by atoms with van der Waals surface area (Å²) in [5, 5.41) is 9.28. The normalized spacial score (nSPS) is 21.9. The maximum atomic E-state index is 12.7. The lowest BCUT2D eigenvalue weighted by Gasteiger charge is -2.50. The number of para-hydroxylation sites is 1. The van der Waals surface area contributed by atoms with Gasteiger partial charge in [0.2, 0.25) is 5.13 Å². The second kappa shape index (κ2) is 8.39. The lowest BCUT2D eigenvalue weighted by molar-refractivity contribution is 0.0948. The number of piperidine rings is 2. The van der Waals surface area contributed by atoms with E-state index in [2.05, 4.69) is 44.3 Å². The van der Waals surface area contributed by atoms with Crippen LogP contribution in [0.15, 0.2) is 29.8 Å². The summed E-state index contributed by atoms with van der Waals surface area (Å²) in [5.74, 6) is 0. The van der Waals surface area contributed by atoms with Crippen LogP contribution in [-0.4, -0.2) is 78.9 Å². The summed E-state index contributed by atoms with van der Waals surface area (Å²) >= 11 is 1.64. The molecule has 2 saturated heterocycles. The molecular formula is C23H32N6OS. The zero-order valence-corrected chi connectivity index (χ0v) is 19.4. The largest absolute Gasteiger partial charge is 0.347 e. The summed E-state index contributed by atoms with van der Waals surface area (Å²) in [4.78, 5) is 21.5. The van der Waals surface area contributed by atoms with Gasteiger partial charge in [-0.05, 0) is 56.8 Å². The summed E-state index contributed by atoms with van der Waals surface area (Å²) in [6.07, 6.45) is 5.84. The van der Waals surface area contributed by atoms with Crippen molar-refractivity contribution in [2.45, 2.75) is 43.6 Å². The molecule has 2 aromatic rings. The van der Waals surface area contributed by atoms with Crippen LogP contribution in [0, 0.1) is 0 Å². The monoisotopic (exact) mass is 440 g/mol. The Balaban J connectivity index is 1.25. The highest BCUT2D eigenvalue weighted by atomic mass is 32.1. The van der Waals surface area contributed by atoms with Crippen LogP contribution in [0.25, 0.3) is 0 Å². The number of hydrogen-bond acceptors (Lipinski definition) is 6. The molecule has 0 N–H and O–H groups in total. The smallest absolute Gasteiger partial charge is 0.323 e. The molecular weight excluding hydrogens is 408 g/mol. The van der Waals surface area contributed by atoms with E-state index < -0.39 is 0 Å². The SMILES string of the molecule is CN(C)C(=O)N1CCC2(CCN(C3CCN(c4nncs4)CC3)CC2)c2ccccc21. The zero-order chi connectivity index (χ0) is 21.4. The fourth-order valence-corrected chi connectivity index (χ4v) is 6.36. The molecule has 0 radical (unpaired) electrons. The third-order valence-corrected chi connectivity index (χ3v) is 8.30. The molecule has 0 aliphatic carbocycles. The molecule has 1 aromatic carbocycles. The lowest BCUT2D eigenvalue weighted by Crippen LogP contribution is -2.53. The molecule has 0 unspecified atom stereocenters. The van der Waals surface area contributed by atoms with Gasteiger partial charge in [0.25, 0.3) is 0 Å². The number of amides is 2. The van der Waals surface area contributed by atoms with Gasteiger partial charge in [-0.1, -0.05) is 29.5 Å². The summed E-state index contributed by atoms with van der Waals surface area (Å²) in [5.41, 5.74) is 4.53. The van der Waals surface area contributed by atoms with Gasteiger partial charge in [0, 0.05) is 50.9 Å². The molecule has 0 bridgehead atoms. The van der Waals surface area contributed by atoms with E-state index in [4.69, 9.17) is 0 Å². The number of carbonyl (C=O) groups excluding carboxylic acids is 1. The van der Waals surface area contributed by atoms with Crippen molar-refractivity contribution in [2.75, 3.05) is 56.6 Å². The molecule has 8 heteroatoms. The molecule has 0 saturated carbocycles. The molecule has 3 aliphatic rings. The highest BCUT2D eigenvalue weighted by molar-refractivity contribution is 7.13. The van der Waals surface area contributed by atoms with Crippen molar-refractivity contribution >= 4 is 28.2 Å². The Morgan fingerprint density at radius 3 is 2.45 bits per heavy atom. The van der Waals surface area contributed by atoms with Crippen LogP contribution < -0.4 is 9.80 Å². The summed E-state index contributed by atoms with van der Waals surface area (Å²) in [7, 11) is 3.67. The van der Waals surface area contributed by atoms with Gasteiger partial charge >= 0.3 is 6.03 Å². The molecule has 7 nitrogen and oxygen atoms in total. The molecule has 1 aromatic heterocycles. The minimum absolute atomic E-state index is 0.0851. The number of likely N-dealkylation sites (tertiary alicyclic amines) is 1. The third kappa shape index (κ3) is 3.80. The number of aromatic nitrogens is 2. The highest BCUT2D eigenvalue weighted by Crippen LogP contribution is 2.47. The van der Waals surface area contributed by atoms with E-state index in [0.29, 0.717) is 6.04 Å². The number of benzene rings is 1. The first-order chi connectivity index (χ1) is 15.1. The number of urea groups is 1. The molecule has 166 valence electrons. The minimum Gasteiger partial charge on any atom is -0.347 e. The Bertz CT molecular complexity index is 901. The number of nitrogens with zero attached hydrogens (tertiary/aromatic N) is 6. The molecule has 2 amide bonds. The zero-order valence-electron chi connectivity index (χ0n) is 18.5. The topological polar surface area (TPSA) is 55.8 Å². The van der Waals surface area contributed by atoms with Crippen molar-refractivity contribution in [2.24, 2.45) is 0 Å². The van der Waals surface area contributed by atoms with Gasteiger partial charge in [0.1, 0.15) is 5.51 Å². The third-order valence-electron chi connectivity index (χ3n) is 7.55. The molecule has 3 aliphatic heterocycles. The van der Waals surface area contributed by atoms with E-state index in [1.54, 1.807) is 16.2 Å². The predicted octanol–water partition coefficient (Wildman–Crippen LogP) is 3.43. The van der Waals surface area contributed by atoms with Crippen LogP contribution in [0.1, 0.15) is 37.7 Å². The second-order valence-corrected chi connectivity index (χ2v) is 10.2. The summed E-state index contributed by atoms with van der Waals surface area (Å²) in [6, 6.07) is 9.36. The predicted molar refractivity (Wildman–Crippen MR) is 125 cm³/mol. The van der Waals surface area contributed by atoms with E-state index in [1.807, 2.05) is 24.5 Å². The number of hydrogen-bond donors (Lipinski definition) is 0. The van der Waals surface area contributed by atoms with Crippen molar-refractivity contribution in [1.29, 1.82) is 0 Å². The highest BCUT2D eigenvalue weighted by Gasteiger charge is 2.43. The fraction of sp³-hybridized carbons (Fsp3) is 0.609. The van der Waals surface area contributed by atoms with Crippen LogP contribution in [-0.2, 0) is 5.41 Å². The van der Waals surface area contributed by atoms with E-state index in [0.717, 1.165) is 50.0 Å². The van der Waals surface area contributed by atoms with Gasteiger partial charge in [0.15, 0.2) is 0 Å². The van der Waals surface area contributed by atoms with Gasteiger partial charge in [-0.3, -0.25) is 4.90 Å². The fourth-order valence-electron chi connectivity index (χ4n) is 5.74. The van der Waals surface area contributed by atoms with Gasteiger partial charge in [-0.25, -0.2) is 4.79 Å². The van der Waals surface area contributed by atoms with E-state index in [1.165, 1.54) is 31.2 Å². The molecule has 0 atom stereocenters. The number of carbonyl (C=O) groups is 1. The molecule has 2 fully saturated rings. The van der Waals surface area contributed by atoms with Gasteiger partial charge in [0.05, 0.1) is 0 Å². The van der Waals surface area contributed by atoms with Gasteiger partial charge in [-0.2, -0.15) is 0 Å². The molecule has 1 spiro atoms. The standard InChI is InChI=1S/C23H32N6OS/c1-26(2)22(30)29-16-11-23(19-5-3-4-6-20(19)29)9-14-27(15-10-23)18-7-12-28(13-8-18)21-25-24-17-31-21/h3-6,17-18H,7-16H2,1-2H3. The minimum atomic E-state index is 0.0851. The Labute approximate surface area is 188 Å². The molecule has 5 rings (SSSR count). The Kier molecular flexibility index (Phi) is 5.60. The van der Waals surface area contributed by atoms with Crippen molar-refractivity contribution in [3.8, 4) is 0 Å². The first kappa shape index (κ1) is 20.7. The van der Waals surface area contributed by atoms with Gasteiger partial charge < -0.3 is 14.7 Å². The maximum Gasteiger partial charge on any atom is 0.323 e. The van der Waals surface area contributed by atoms with Gasteiger partial charge in [-0.15, -0.1) is 10.2 Å². The van der Waals surface area contributed by atoms with Crippen LogP contribution >= 0.6 is 11.3 Å². The van der Waals surface area contributed by atoms with E-state index in [-0.39, 0.29) is 11.4 Å². The first-order valence-electron chi connectivity index (χ1n) is 11.4. The number of anilines is 2. The second-order valence-electron chi connectivity index (χ2n) is 9.35. The number of fused-ring (bicyclic) bond motifs is 2. The Morgan fingerprint density at radius 1 is 1.06 bits per heavy atom. The van der Waals surface area contributed by atoms with E-state index in [9.17, 15) is 4.79 Å².